The van der Waals surface area contributed by atoms with Gasteiger partial charge in [-0.2, -0.15) is 0 Å². The zero-order valence-electron chi connectivity index (χ0n) is 14.6. The summed E-state index contributed by atoms with van der Waals surface area (Å²) in [5.41, 5.74) is 1.37. The predicted octanol–water partition coefficient (Wildman–Crippen LogP) is 3.15. The highest BCUT2D eigenvalue weighted by Crippen LogP contribution is 2.38. The van der Waals surface area contributed by atoms with Crippen molar-refractivity contribution in [2.24, 2.45) is 0 Å². The van der Waals surface area contributed by atoms with Crippen LogP contribution in [0.3, 0.4) is 0 Å². The van der Waals surface area contributed by atoms with Gasteiger partial charge in [0, 0.05) is 18.0 Å². The minimum absolute atomic E-state index is 0.202. The highest BCUT2D eigenvalue weighted by Gasteiger charge is 2.19. The van der Waals surface area contributed by atoms with E-state index in [-0.39, 0.29) is 11.9 Å². The monoisotopic (exact) mass is 342 g/mol. The summed E-state index contributed by atoms with van der Waals surface area (Å²) < 4.78 is 15.9. The lowest BCUT2D eigenvalue weighted by molar-refractivity contribution is 0.0936. The highest BCUT2D eigenvalue weighted by atomic mass is 16.5. The number of pyridine rings is 1. The Morgan fingerprint density at radius 2 is 1.76 bits per heavy atom. The molecule has 0 saturated carbocycles. The quantitative estimate of drug-likeness (QED) is 0.746. The number of carbonyl (C=O) groups is 1. The van der Waals surface area contributed by atoms with Crippen molar-refractivity contribution in [2.45, 2.75) is 12.5 Å². The van der Waals surface area contributed by atoms with E-state index in [0.717, 1.165) is 5.56 Å². The molecular formula is C19H22N2O4. The summed E-state index contributed by atoms with van der Waals surface area (Å²) in [6, 6.07) is 6.77. The van der Waals surface area contributed by atoms with Crippen molar-refractivity contribution in [2.75, 3.05) is 21.3 Å². The molecule has 1 aromatic heterocycles. The fourth-order valence-corrected chi connectivity index (χ4v) is 2.49. The third-order valence-electron chi connectivity index (χ3n) is 3.74. The second-order valence-electron chi connectivity index (χ2n) is 5.24. The molecule has 25 heavy (non-hydrogen) atoms. The van der Waals surface area contributed by atoms with Crippen molar-refractivity contribution >= 4 is 5.91 Å². The Balaban J connectivity index is 2.31. The molecule has 1 N–H and O–H groups in total. The Hall–Kier alpha value is -3.02. The van der Waals surface area contributed by atoms with Crippen LogP contribution in [0.4, 0.5) is 0 Å². The van der Waals surface area contributed by atoms with Crippen molar-refractivity contribution in [1.29, 1.82) is 0 Å². The number of nitrogens with zero attached hydrogens (tertiary/aromatic N) is 1. The number of amides is 1. The van der Waals surface area contributed by atoms with E-state index < -0.39 is 0 Å². The maximum absolute atomic E-state index is 12.7. The smallest absolute Gasteiger partial charge is 0.252 e. The third-order valence-corrected chi connectivity index (χ3v) is 3.74. The molecule has 2 rings (SSSR count). The Labute approximate surface area is 147 Å². The lowest BCUT2D eigenvalue weighted by Gasteiger charge is -2.19. The summed E-state index contributed by atoms with van der Waals surface area (Å²) >= 11 is 0. The molecule has 0 fully saturated rings. The zero-order valence-corrected chi connectivity index (χ0v) is 14.6. The Bertz CT molecular complexity index is 706. The summed E-state index contributed by atoms with van der Waals surface area (Å²) in [6.45, 7) is 3.76. The van der Waals surface area contributed by atoms with Crippen LogP contribution in [0, 0.1) is 0 Å². The van der Waals surface area contributed by atoms with E-state index in [0.29, 0.717) is 29.2 Å². The summed E-state index contributed by atoms with van der Waals surface area (Å²) in [7, 11) is 4.54. The molecule has 1 unspecified atom stereocenters. The van der Waals surface area contributed by atoms with Crippen molar-refractivity contribution in [3.8, 4) is 17.2 Å². The van der Waals surface area contributed by atoms with Gasteiger partial charge in [0.15, 0.2) is 11.5 Å². The molecule has 1 heterocycles. The number of rotatable bonds is 8. The van der Waals surface area contributed by atoms with Crippen LogP contribution in [0.2, 0.25) is 0 Å². The van der Waals surface area contributed by atoms with Crippen LogP contribution in [-0.4, -0.2) is 32.2 Å². The van der Waals surface area contributed by atoms with Gasteiger partial charge in [0.05, 0.1) is 27.4 Å². The van der Waals surface area contributed by atoms with Crippen LogP contribution in [0.1, 0.15) is 28.4 Å². The minimum Gasteiger partial charge on any atom is -0.493 e. The Kier molecular flexibility index (Phi) is 6.39. The van der Waals surface area contributed by atoms with Gasteiger partial charge in [-0.25, -0.2) is 0 Å². The second-order valence-corrected chi connectivity index (χ2v) is 5.24. The molecular weight excluding hydrogens is 320 g/mol. The van der Waals surface area contributed by atoms with Crippen LogP contribution < -0.4 is 19.5 Å². The van der Waals surface area contributed by atoms with Crippen LogP contribution in [-0.2, 0) is 0 Å². The number of carbonyl (C=O) groups excluding carboxylic acids is 1. The number of benzene rings is 1. The molecule has 1 atom stereocenters. The average Bonchev–Trinajstić information content (AvgIpc) is 2.66. The maximum Gasteiger partial charge on any atom is 0.252 e. The summed E-state index contributed by atoms with van der Waals surface area (Å²) in [6.07, 6.45) is 5.74. The number of hydrogen-bond acceptors (Lipinski definition) is 5. The molecule has 0 bridgehead atoms. The molecule has 0 saturated heterocycles. The fourth-order valence-electron chi connectivity index (χ4n) is 2.49. The Morgan fingerprint density at radius 3 is 2.24 bits per heavy atom. The predicted molar refractivity (Wildman–Crippen MR) is 95.4 cm³/mol. The normalized spacial score (nSPS) is 11.3. The van der Waals surface area contributed by atoms with Gasteiger partial charge < -0.3 is 19.5 Å². The number of nitrogens with one attached hydrogen (secondary N) is 1. The van der Waals surface area contributed by atoms with E-state index in [2.05, 4.69) is 16.9 Å². The number of aromatic nitrogens is 1. The lowest BCUT2D eigenvalue weighted by atomic mass is 10.0. The zero-order chi connectivity index (χ0) is 18.2. The van der Waals surface area contributed by atoms with Gasteiger partial charge in [0.25, 0.3) is 5.91 Å². The van der Waals surface area contributed by atoms with E-state index in [1.54, 1.807) is 30.6 Å². The SMILES string of the molecule is C=CCC(NC(=O)c1cc(OC)c(OC)c(OC)c1)c1ccncc1. The van der Waals surface area contributed by atoms with E-state index >= 15 is 0 Å². The first-order chi connectivity index (χ1) is 12.1. The van der Waals surface area contributed by atoms with Gasteiger partial charge in [0.1, 0.15) is 0 Å². The van der Waals surface area contributed by atoms with Crippen LogP contribution in [0.15, 0.2) is 49.3 Å². The van der Waals surface area contributed by atoms with Crippen molar-refractivity contribution in [3.63, 3.8) is 0 Å². The van der Waals surface area contributed by atoms with E-state index in [4.69, 9.17) is 14.2 Å². The molecule has 1 amide bonds. The number of methoxy groups -OCH3 is 3. The molecule has 0 aliphatic rings. The van der Waals surface area contributed by atoms with Gasteiger partial charge in [-0.3, -0.25) is 9.78 Å². The summed E-state index contributed by atoms with van der Waals surface area (Å²) in [5, 5.41) is 3.00. The number of ether oxygens (including phenoxy) is 3. The van der Waals surface area contributed by atoms with E-state index in [1.165, 1.54) is 21.3 Å². The molecule has 0 radical (unpaired) electrons. The van der Waals surface area contributed by atoms with Crippen molar-refractivity contribution in [3.05, 3.63) is 60.4 Å². The van der Waals surface area contributed by atoms with E-state index in [9.17, 15) is 4.79 Å². The topological polar surface area (TPSA) is 69.7 Å². The molecule has 6 nitrogen and oxygen atoms in total. The van der Waals surface area contributed by atoms with Crippen LogP contribution >= 0.6 is 0 Å². The molecule has 0 aliphatic heterocycles. The van der Waals surface area contributed by atoms with Gasteiger partial charge in [0.2, 0.25) is 5.75 Å². The van der Waals surface area contributed by atoms with Crippen LogP contribution in [0.5, 0.6) is 17.2 Å². The summed E-state index contributed by atoms with van der Waals surface area (Å²) in [4.78, 5) is 16.7. The first-order valence-corrected chi connectivity index (χ1v) is 7.76. The van der Waals surface area contributed by atoms with Gasteiger partial charge in [-0.1, -0.05) is 6.08 Å². The summed E-state index contributed by atoms with van der Waals surface area (Å²) in [5.74, 6) is 1.05. The fraction of sp³-hybridized carbons (Fsp3) is 0.263. The number of hydrogen-bond donors (Lipinski definition) is 1. The van der Waals surface area contributed by atoms with Crippen molar-refractivity contribution < 1.29 is 19.0 Å². The molecule has 0 spiro atoms. The largest absolute Gasteiger partial charge is 0.493 e. The lowest BCUT2D eigenvalue weighted by Crippen LogP contribution is -2.28. The molecule has 2 aromatic rings. The standard InChI is InChI=1S/C19H22N2O4/c1-5-6-15(13-7-9-20-10-8-13)21-19(22)14-11-16(23-2)18(25-4)17(12-14)24-3/h5,7-12,15H,1,6H2,2-4H3,(H,21,22). The maximum atomic E-state index is 12.7. The minimum atomic E-state index is -0.247. The Morgan fingerprint density at radius 1 is 1.16 bits per heavy atom. The molecule has 0 aliphatic carbocycles. The highest BCUT2D eigenvalue weighted by molar-refractivity contribution is 5.96. The third kappa shape index (κ3) is 4.29. The van der Waals surface area contributed by atoms with Crippen LogP contribution in [0.25, 0.3) is 0 Å². The molecule has 6 heteroatoms. The van der Waals surface area contributed by atoms with Gasteiger partial charge in [-0.15, -0.1) is 6.58 Å². The first-order valence-electron chi connectivity index (χ1n) is 7.76. The van der Waals surface area contributed by atoms with E-state index in [1.807, 2.05) is 12.1 Å². The second kappa shape index (κ2) is 8.73. The molecule has 1 aromatic carbocycles. The molecule has 132 valence electrons. The van der Waals surface area contributed by atoms with Crippen molar-refractivity contribution in [1.82, 2.24) is 10.3 Å². The van der Waals surface area contributed by atoms with Gasteiger partial charge >= 0.3 is 0 Å². The average molecular weight is 342 g/mol. The first kappa shape index (κ1) is 18.3. The van der Waals surface area contributed by atoms with Gasteiger partial charge in [-0.05, 0) is 36.2 Å².